The van der Waals surface area contributed by atoms with Crippen LogP contribution in [-0.4, -0.2) is 50.7 Å². The summed E-state index contributed by atoms with van der Waals surface area (Å²) in [4.78, 5) is 11.5. The molecule has 2 aliphatic heterocycles. The third-order valence-electron chi connectivity index (χ3n) is 4.65. The van der Waals surface area contributed by atoms with Crippen LogP contribution in [0.25, 0.3) is 0 Å². The number of carbonyl (C=O) groups is 1. The zero-order chi connectivity index (χ0) is 17.6. The molecule has 0 amide bonds. The summed E-state index contributed by atoms with van der Waals surface area (Å²) in [5.41, 5.74) is 1.00. The smallest absolute Gasteiger partial charge is 0.308 e. The molecule has 2 heterocycles. The van der Waals surface area contributed by atoms with Crippen molar-refractivity contribution in [3.63, 3.8) is 0 Å². The van der Waals surface area contributed by atoms with Crippen LogP contribution in [0.2, 0.25) is 0 Å². The monoisotopic (exact) mass is 350 g/mol. The van der Waals surface area contributed by atoms with Crippen LogP contribution in [0.4, 0.5) is 0 Å². The fourth-order valence-electron chi connectivity index (χ4n) is 3.21. The topological polar surface area (TPSA) is 63.2 Å². The molecule has 0 spiro atoms. The molecule has 6 nitrogen and oxygen atoms in total. The van der Waals surface area contributed by atoms with Crippen LogP contribution in [0.1, 0.15) is 38.0 Å². The van der Waals surface area contributed by atoms with Crippen LogP contribution in [0.15, 0.2) is 30.3 Å². The molecule has 1 aromatic carbocycles. The molecule has 2 saturated heterocycles. The fourth-order valence-corrected chi connectivity index (χ4v) is 3.21. The third-order valence-corrected chi connectivity index (χ3v) is 4.65. The van der Waals surface area contributed by atoms with Gasteiger partial charge in [0.2, 0.25) is 0 Å². The molecule has 0 bridgehead atoms. The molecule has 0 saturated carbocycles. The van der Waals surface area contributed by atoms with Gasteiger partial charge in [-0.05, 0) is 6.42 Å². The van der Waals surface area contributed by atoms with E-state index in [1.165, 1.54) is 7.11 Å². The number of hydrogen-bond acceptors (Lipinski definition) is 6. The van der Waals surface area contributed by atoms with Crippen molar-refractivity contribution in [1.29, 1.82) is 0 Å². The number of ether oxygens (including phenoxy) is 5. The summed E-state index contributed by atoms with van der Waals surface area (Å²) in [7, 11) is 1.39. The van der Waals surface area contributed by atoms with Gasteiger partial charge in [0.25, 0.3) is 0 Å². The van der Waals surface area contributed by atoms with Crippen molar-refractivity contribution in [1.82, 2.24) is 0 Å². The highest BCUT2D eigenvalue weighted by Crippen LogP contribution is 2.33. The number of carbonyl (C=O) groups excluding carboxylic acids is 1. The molecule has 1 aromatic rings. The summed E-state index contributed by atoms with van der Waals surface area (Å²) >= 11 is 0. The van der Waals surface area contributed by atoms with Crippen LogP contribution in [0, 0.1) is 0 Å². The van der Waals surface area contributed by atoms with E-state index < -0.39 is 0 Å². The van der Waals surface area contributed by atoms with Crippen molar-refractivity contribution in [2.24, 2.45) is 0 Å². The van der Waals surface area contributed by atoms with Gasteiger partial charge in [0.1, 0.15) is 6.10 Å². The largest absolute Gasteiger partial charge is 0.469 e. The van der Waals surface area contributed by atoms with E-state index in [0.717, 1.165) is 18.4 Å². The maximum Gasteiger partial charge on any atom is 0.308 e. The molecule has 2 aliphatic rings. The van der Waals surface area contributed by atoms with Gasteiger partial charge < -0.3 is 23.7 Å². The molecule has 5 atom stereocenters. The van der Waals surface area contributed by atoms with Gasteiger partial charge in [-0.15, -0.1) is 0 Å². The first-order valence-corrected chi connectivity index (χ1v) is 8.85. The Balaban J connectivity index is 1.56. The Labute approximate surface area is 148 Å². The fraction of sp³-hybridized carbons (Fsp3) is 0.632. The average molecular weight is 350 g/mol. The van der Waals surface area contributed by atoms with Crippen molar-refractivity contribution in [2.75, 3.05) is 20.3 Å². The van der Waals surface area contributed by atoms with Crippen LogP contribution in [0.3, 0.4) is 0 Å². The van der Waals surface area contributed by atoms with Crippen molar-refractivity contribution in [3.05, 3.63) is 35.9 Å². The van der Waals surface area contributed by atoms with Crippen molar-refractivity contribution < 1.29 is 28.5 Å². The minimum absolute atomic E-state index is 0.0690. The lowest BCUT2D eigenvalue weighted by Gasteiger charge is -2.42. The van der Waals surface area contributed by atoms with Gasteiger partial charge in [0.05, 0.1) is 45.1 Å². The lowest BCUT2D eigenvalue weighted by Crippen LogP contribution is -2.50. The van der Waals surface area contributed by atoms with E-state index in [-0.39, 0.29) is 43.1 Å². The first-order chi connectivity index (χ1) is 12.2. The molecule has 0 radical (unpaired) electrons. The number of esters is 1. The van der Waals surface area contributed by atoms with Gasteiger partial charge in [-0.3, -0.25) is 4.79 Å². The number of fused-ring (bicyclic) bond motifs is 1. The second-order valence-corrected chi connectivity index (χ2v) is 6.43. The normalized spacial score (nSPS) is 30.3. The van der Waals surface area contributed by atoms with Crippen molar-refractivity contribution in [3.8, 4) is 0 Å². The van der Waals surface area contributed by atoms with Crippen molar-refractivity contribution in [2.45, 2.75) is 56.9 Å². The summed E-state index contributed by atoms with van der Waals surface area (Å²) in [5, 5.41) is 0. The average Bonchev–Trinajstić information content (AvgIpc) is 2.67. The molecule has 5 unspecified atom stereocenters. The van der Waals surface area contributed by atoms with Gasteiger partial charge in [0.15, 0.2) is 6.29 Å². The highest BCUT2D eigenvalue weighted by Gasteiger charge is 2.39. The second kappa shape index (κ2) is 8.76. The number of methoxy groups -OCH3 is 1. The Morgan fingerprint density at radius 2 is 2.00 bits per heavy atom. The van der Waals surface area contributed by atoms with Gasteiger partial charge in [-0.2, -0.15) is 0 Å². The predicted molar refractivity (Wildman–Crippen MR) is 90.0 cm³/mol. The van der Waals surface area contributed by atoms with Crippen LogP contribution >= 0.6 is 0 Å². The second-order valence-electron chi connectivity index (χ2n) is 6.43. The molecule has 0 N–H and O–H groups in total. The lowest BCUT2D eigenvalue weighted by molar-refractivity contribution is -0.293. The molecule has 0 aliphatic carbocycles. The Hall–Kier alpha value is -1.47. The maximum absolute atomic E-state index is 11.5. The van der Waals surface area contributed by atoms with Crippen LogP contribution in [-0.2, 0) is 28.5 Å². The zero-order valence-electron chi connectivity index (χ0n) is 14.8. The summed E-state index contributed by atoms with van der Waals surface area (Å²) < 4.78 is 28.5. The Kier molecular flexibility index (Phi) is 6.42. The van der Waals surface area contributed by atoms with Crippen LogP contribution < -0.4 is 0 Å². The SMILES string of the molecule is CCC(CC(=O)OC)OC1COC2COC(c3ccccc3)OC2C1. The first kappa shape index (κ1) is 18.3. The minimum Gasteiger partial charge on any atom is -0.469 e. The number of hydrogen-bond donors (Lipinski definition) is 0. The molecule has 6 heteroatoms. The van der Waals surface area contributed by atoms with E-state index in [1.807, 2.05) is 37.3 Å². The number of rotatable bonds is 6. The van der Waals surface area contributed by atoms with E-state index in [0.29, 0.717) is 13.2 Å². The van der Waals surface area contributed by atoms with Gasteiger partial charge in [-0.1, -0.05) is 37.3 Å². The molecule has 3 rings (SSSR count). The quantitative estimate of drug-likeness (QED) is 0.735. The number of benzene rings is 1. The molecule has 25 heavy (non-hydrogen) atoms. The Morgan fingerprint density at radius 1 is 1.20 bits per heavy atom. The minimum atomic E-state index is -0.373. The van der Waals surface area contributed by atoms with Crippen molar-refractivity contribution >= 4 is 5.97 Å². The van der Waals surface area contributed by atoms with Gasteiger partial charge in [-0.25, -0.2) is 0 Å². The molecular weight excluding hydrogens is 324 g/mol. The maximum atomic E-state index is 11.5. The predicted octanol–water partition coefficient (Wildman–Crippen LogP) is 2.62. The standard InChI is InChI=1S/C19H26O6/c1-3-14(10-18(20)21-2)24-15-9-16-17(22-11-15)12-23-19(25-16)13-7-5-4-6-8-13/h4-8,14-17,19H,3,9-12H2,1-2H3. The van der Waals surface area contributed by atoms with Gasteiger partial charge in [0, 0.05) is 12.0 Å². The molecule has 0 aromatic heterocycles. The summed E-state index contributed by atoms with van der Waals surface area (Å²) in [6.45, 7) is 2.99. The first-order valence-electron chi connectivity index (χ1n) is 8.85. The van der Waals surface area contributed by atoms with E-state index in [4.69, 9.17) is 23.7 Å². The van der Waals surface area contributed by atoms with E-state index >= 15 is 0 Å². The third kappa shape index (κ3) is 4.79. The lowest BCUT2D eigenvalue weighted by atomic mass is 10.0. The van der Waals surface area contributed by atoms with E-state index in [1.54, 1.807) is 0 Å². The summed E-state index contributed by atoms with van der Waals surface area (Å²) in [5.74, 6) is -0.257. The Bertz CT molecular complexity index is 548. The summed E-state index contributed by atoms with van der Waals surface area (Å²) in [6, 6.07) is 9.89. The highest BCUT2D eigenvalue weighted by molar-refractivity contribution is 5.69. The zero-order valence-corrected chi connectivity index (χ0v) is 14.8. The van der Waals surface area contributed by atoms with E-state index in [9.17, 15) is 4.79 Å². The Morgan fingerprint density at radius 3 is 2.72 bits per heavy atom. The van der Waals surface area contributed by atoms with Crippen LogP contribution in [0.5, 0.6) is 0 Å². The molecular formula is C19H26O6. The summed E-state index contributed by atoms with van der Waals surface area (Å²) in [6.07, 6.45) is 0.961. The van der Waals surface area contributed by atoms with E-state index in [2.05, 4.69) is 0 Å². The molecule has 2 fully saturated rings. The molecule has 138 valence electrons. The highest BCUT2D eigenvalue weighted by atomic mass is 16.7. The van der Waals surface area contributed by atoms with Gasteiger partial charge >= 0.3 is 5.97 Å².